The van der Waals surface area contributed by atoms with Crippen LogP contribution in [0.2, 0.25) is 0 Å². The van der Waals surface area contributed by atoms with Crippen LogP contribution in [0, 0.1) is 12.3 Å². The number of terminal acetylenes is 1. The van der Waals surface area contributed by atoms with Gasteiger partial charge in [-0.15, -0.1) is 6.42 Å². The highest BCUT2D eigenvalue weighted by Gasteiger charge is 2.23. The number of benzene rings is 1. The third-order valence-corrected chi connectivity index (χ3v) is 2.88. The average Bonchev–Trinajstić information content (AvgIpc) is 2.41. The van der Waals surface area contributed by atoms with Gasteiger partial charge < -0.3 is 4.90 Å². The van der Waals surface area contributed by atoms with E-state index in [9.17, 15) is 8.78 Å². The lowest BCUT2D eigenvalue weighted by Crippen LogP contribution is -2.29. The van der Waals surface area contributed by atoms with Crippen LogP contribution in [0.4, 0.5) is 8.78 Å². The fraction of sp³-hybridized carbons (Fsp3) is 0.125. The minimum Gasteiger partial charge on any atom is -0.335 e. The van der Waals surface area contributed by atoms with Gasteiger partial charge in [-0.05, 0) is 17.7 Å². The van der Waals surface area contributed by atoms with Gasteiger partial charge in [0.05, 0.1) is 6.54 Å². The first kappa shape index (κ1) is 13.1. The first-order chi connectivity index (χ1) is 9.13. The summed E-state index contributed by atoms with van der Waals surface area (Å²) in [6, 6.07) is 9.33. The van der Waals surface area contributed by atoms with E-state index < -0.39 is 13.0 Å². The van der Waals surface area contributed by atoms with Crippen LogP contribution in [0.3, 0.4) is 0 Å². The SMILES string of the molecule is C#CC1=CC=C(c2ccccc2)N(CC(F)F)C1=C. The Kier molecular flexibility index (Phi) is 3.82. The van der Waals surface area contributed by atoms with Crippen LogP contribution in [-0.4, -0.2) is 17.9 Å². The standard InChI is InChI=1S/C16H13F2N/c1-3-13-9-10-15(14-7-5-4-6-8-14)19(12(13)2)11-16(17)18/h1,4-10,16H,2,11H2. The second-order valence-corrected chi connectivity index (χ2v) is 4.09. The van der Waals surface area contributed by atoms with E-state index in [0.29, 0.717) is 17.0 Å². The summed E-state index contributed by atoms with van der Waals surface area (Å²) in [5, 5.41) is 0. The van der Waals surface area contributed by atoms with Crippen LogP contribution in [-0.2, 0) is 0 Å². The lowest BCUT2D eigenvalue weighted by atomic mass is 10.0. The topological polar surface area (TPSA) is 3.24 Å². The minimum atomic E-state index is -2.46. The molecule has 2 rings (SSSR count). The molecule has 0 spiro atoms. The quantitative estimate of drug-likeness (QED) is 0.747. The first-order valence-electron chi connectivity index (χ1n) is 5.82. The van der Waals surface area contributed by atoms with Gasteiger partial charge in [0.25, 0.3) is 6.43 Å². The summed E-state index contributed by atoms with van der Waals surface area (Å²) in [6.45, 7) is 3.40. The molecule has 0 amide bonds. The molecule has 0 atom stereocenters. The van der Waals surface area contributed by atoms with Gasteiger partial charge in [-0.25, -0.2) is 8.78 Å². The van der Waals surface area contributed by atoms with Crippen LogP contribution in [0.1, 0.15) is 5.56 Å². The summed E-state index contributed by atoms with van der Waals surface area (Å²) in [7, 11) is 0. The molecule has 1 nitrogen and oxygen atoms in total. The van der Waals surface area contributed by atoms with Crippen molar-refractivity contribution in [3.05, 3.63) is 65.9 Å². The number of nitrogens with zero attached hydrogens (tertiary/aromatic N) is 1. The van der Waals surface area contributed by atoms with E-state index >= 15 is 0 Å². The molecule has 0 aromatic heterocycles. The van der Waals surface area contributed by atoms with Crippen LogP contribution in [0.25, 0.3) is 5.70 Å². The Hall–Kier alpha value is -2.34. The maximum atomic E-state index is 12.7. The fourth-order valence-electron chi connectivity index (χ4n) is 1.98. The number of halogens is 2. The zero-order valence-corrected chi connectivity index (χ0v) is 10.3. The molecule has 0 N–H and O–H groups in total. The zero-order valence-electron chi connectivity index (χ0n) is 10.3. The molecule has 0 fully saturated rings. The molecule has 1 aromatic rings. The van der Waals surface area contributed by atoms with Gasteiger partial charge in [0.2, 0.25) is 0 Å². The van der Waals surface area contributed by atoms with Gasteiger partial charge in [-0.1, -0.05) is 42.8 Å². The molecule has 3 heteroatoms. The van der Waals surface area contributed by atoms with Crippen molar-refractivity contribution in [1.29, 1.82) is 0 Å². The molecule has 0 saturated carbocycles. The van der Waals surface area contributed by atoms with Crippen molar-refractivity contribution in [1.82, 2.24) is 4.90 Å². The van der Waals surface area contributed by atoms with Crippen LogP contribution < -0.4 is 0 Å². The van der Waals surface area contributed by atoms with Gasteiger partial charge in [-0.3, -0.25) is 0 Å². The molecule has 0 aliphatic carbocycles. The highest BCUT2D eigenvalue weighted by molar-refractivity contribution is 5.72. The molecular formula is C16H13F2N. The minimum absolute atomic E-state index is 0.418. The lowest BCUT2D eigenvalue weighted by molar-refractivity contribution is 0.123. The third kappa shape index (κ3) is 2.74. The van der Waals surface area contributed by atoms with E-state index in [-0.39, 0.29) is 0 Å². The second kappa shape index (κ2) is 5.53. The van der Waals surface area contributed by atoms with Crippen molar-refractivity contribution < 1.29 is 8.78 Å². The van der Waals surface area contributed by atoms with Gasteiger partial charge in [0.15, 0.2) is 0 Å². The molecule has 1 heterocycles. The number of alkyl halides is 2. The molecule has 0 saturated heterocycles. The van der Waals surface area contributed by atoms with E-state index in [1.807, 2.05) is 30.3 Å². The van der Waals surface area contributed by atoms with E-state index in [0.717, 1.165) is 5.56 Å². The summed E-state index contributed by atoms with van der Waals surface area (Å²) in [5.41, 5.74) is 2.51. The largest absolute Gasteiger partial charge is 0.335 e. The Balaban J connectivity index is 2.43. The predicted molar refractivity (Wildman–Crippen MR) is 73.2 cm³/mol. The zero-order chi connectivity index (χ0) is 13.8. The molecule has 0 bridgehead atoms. The van der Waals surface area contributed by atoms with E-state index in [4.69, 9.17) is 6.42 Å². The Morgan fingerprint density at radius 2 is 1.89 bits per heavy atom. The summed E-state index contributed by atoms with van der Waals surface area (Å²) < 4.78 is 25.5. The molecule has 0 unspecified atom stereocenters. The molecular weight excluding hydrogens is 244 g/mol. The Morgan fingerprint density at radius 3 is 2.47 bits per heavy atom. The Bertz CT molecular complexity index is 577. The maximum Gasteiger partial charge on any atom is 0.256 e. The number of hydrogen-bond donors (Lipinski definition) is 0. The van der Waals surface area contributed by atoms with Crippen LogP contribution >= 0.6 is 0 Å². The van der Waals surface area contributed by atoms with Gasteiger partial charge in [-0.2, -0.15) is 0 Å². The molecule has 19 heavy (non-hydrogen) atoms. The lowest BCUT2D eigenvalue weighted by Gasteiger charge is -2.31. The first-order valence-corrected chi connectivity index (χ1v) is 5.82. The van der Waals surface area contributed by atoms with Crippen molar-refractivity contribution >= 4 is 5.70 Å². The van der Waals surface area contributed by atoms with Gasteiger partial charge in [0, 0.05) is 17.0 Å². The van der Waals surface area contributed by atoms with Crippen molar-refractivity contribution in [2.24, 2.45) is 0 Å². The highest BCUT2D eigenvalue weighted by Crippen LogP contribution is 2.30. The summed E-state index contributed by atoms with van der Waals surface area (Å²) >= 11 is 0. The Labute approximate surface area is 111 Å². The van der Waals surface area contributed by atoms with Crippen molar-refractivity contribution in [3.8, 4) is 12.3 Å². The highest BCUT2D eigenvalue weighted by atomic mass is 19.3. The molecule has 1 aliphatic rings. The number of hydrogen-bond acceptors (Lipinski definition) is 1. The van der Waals surface area contributed by atoms with Gasteiger partial charge >= 0.3 is 0 Å². The predicted octanol–water partition coefficient (Wildman–Crippen LogP) is 3.68. The van der Waals surface area contributed by atoms with Crippen molar-refractivity contribution in [3.63, 3.8) is 0 Å². The number of rotatable bonds is 3. The maximum absolute atomic E-state index is 12.7. The van der Waals surface area contributed by atoms with Crippen molar-refractivity contribution in [2.75, 3.05) is 6.54 Å². The van der Waals surface area contributed by atoms with Crippen molar-refractivity contribution in [2.45, 2.75) is 6.43 Å². The second-order valence-electron chi connectivity index (χ2n) is 4.09. The molecule has 1 aliphatic heterocycles. The third-order valence-electron chi connectivity index (χ3n) is 2.88. The summed E-state index contributed by atoms with van der Waals surface area (Å²) in [6.07, 6.45) is 6.37. The smallest absolute Gasteiger partial charge is 0.256 e. The Morgan fingerprint density at radius 1 is 1.21 bits per heavy atom. The molecule has 0 radical (unpaired) electrons. The fourth-order valence-corrected chi connectivity index (χ4v) is 1.98. The normalized spacial score (nSPS) is 15.1. The van der Waals surface area contributed by atoms with Crippen LogP contribution in [0.15, 0.2) is 60.3 Å². The average molecular weight is 257 g/mol. The summed E-state index contributed by atoms with van der Waals surface area (Å²) in [4.78, 5) is 1.47. The summed E-state index contributed by atoms with van der Waals surface area (Å²) in [5.74, 6) is 2.46. The van der Waals surface area contributed by atoms with E-state index in [1.165, 1.54) is 4.90 Å². The molecule has 1 aromatic carbocycles. The van der Waals surface area contributed by atoms with Crippen LogP contribution in [0.5, 0.6) is 0 Å². The number of allylic oxidation sites excluding steroid dienone is 3. The van der Waals surface area contributed by atoms with E-state index in [1.54, 1.807) is 12.2 Å². The monoisotopic (exact) mass is 257 g/mol. The van der Waals surface area contributed by atoms with Gasteiger partial charge in [0.1, 0.15) is 0 Å². The molecule has 96 valence electrons. The van der Waals surface area contributed by atoms with E-state index in [2.05, 4.69) is 12.5 Å².